The highest BCUT2D eigenvalue weighted by atomic mass is 19.1. The minimum atomic E-state index is -1.21. The summed E-state index contributed by atoms with van der Waals surface area (Å²) in [4.78, 5) is 12.1. The molecule has 0 unspecified atom stereocenters. The quantitative estimate of drug-likeness (QED) is 0.897. The largest absolute Gasteiger partial charge is 0.345 e. The standard InChI is InChI=1S/C14H17F3N2O/c15-9-6-10(16)12(11(17)7-9)13(20)19-14(8-18)4-2-1-3-5-14/h6-7H,1-5,8,18H2,(H,19,20). The Bertz CT molecular complexity index is 490. The van der Waals surface area contributed by atoms with Crippen molar-refractivity contribution in [2.75, 3.05) is 6.54 Å². The highest BCUT2D eigenvalue weighted by Crippen LogP contribution is 2.28. The van der Waals surface area contributed by atoms with E-state index in [4.69, 9.17) is 5.73 Å². The first kappa shape index (κ1) is 14.8. The van der Waals surface area contributed by atoms with E-state index in [2.05, 4.69) is 5.32 Å². The molecule has 0 heterocycles. The summed E-state index contributed by atoms with van der Waals surface area (Å²) in [6.45, 7) is 0.211. The van der Waals surface area contributed by atoms with Crippen molar-refractivity contribution < 1.29 is 18.0 Å². The van der Waals surface area contributed by atoms with Crippen LogP contribution in [0.3, 0.4) is 0 Å². The minimum Gasteiger partial charge on any atom is -0.345 e. The van der Waals surface area contributed by atoms with Gasteiger partial charge in [-0.05, 0) is 12.8 Å². The molecular formula is C14H17F3N2O. The lowest BCUT2D eigenvalue weighted by atomic mass is 9.81. The summed E-state index contributed by atoms with van der Waals surface area (Å²) in [6, 6.07) is 0.988. The van der Waals surface area contributed by atoms with E-state index in [0.717, 1.165) is 19.3 Å². The topological polar surface area (TPSA) is 55.1 Å². The molecule has 1 aliphatic carbocycles. The van der Waals surface area contributed by atoms with Crippen molar-refractivity contribution in [2.24, 2.45) is 5.73 Å². The summed E-state index contributed by atoms with van der Waals surface area (Å²) in [5.74, 6) is -4.35. The normalized spacial score (nSPS) is 17.8. The van der Waals surface area contributed by atoms with Gasteiger partial charge in [-0.15, -0.1) is 0 Å². The fraction of sp³-hybridized carbons (Fsp3) is 0.500. The van der Waals surface area contributed by atoms with Crippen LogP contribution in [-0.4, -0.2) is 18.0 Å². The van der Waals surface area contributed by atoms with Crippen molar-refractivity contribution in [1.29, 1.82) is 0 Å². The third-order valence-corrected chi connectivity index (χ3v) is 3.81. The third kappa shape index (κ3) is 2.95. The van der Waals surface area contributed by atoms with Gasteiger partial charge in [-0.1, -0.05) is 19.3 Å². The summed E-state index contributed by atoms with van der Waals surface area (Å²) in [5.41, 5.74) is 4.32. The second-order valence-electron chi connectivity index (χ2n) is 5.24. The van der Waals surface area contributed by atoms with Gasteiger partial charge in [0.1, 0.15) is 23.0 Å². The molecule has 0 spiro atoms. The SMILES string of the molecule is NCC1(NC(=O)c2c(F)cc(F)cc2F)CCCCC1. The number of hydrogen-bond donors (Lipinski definition) is 2. The highest BCUT2D eigenvalue weighted by molar-refractivity contribution is 5.95. The van der Waals surface area contributed by atoms with Crippen LogP contribution in [0.2, 0.25) is 0 Å². The van der Waals surface area contributed by atoms with Crippen molar-refractivity contribution in [1.82, 2.24) is 5.32 Å². The third-order valence-electron chi connectivity index (χ3n) is 3.81. The number of nitrogens with two attached hydrogens (primary N) is 1. The summed E-state index contributed by atoms with van der Waals surface area (Å²) in [5, 5.41) is 2.63. The van der Waals surface area contributed by atoms with Crippen LogP contribution in [0.25, 0.3) is 0 Å². The zero-order valence-electron chi connectivity index (χ0n) is 11.0. The van der Waals surface area contributed by atoms with E-state index in [9.17, 15) is 18.0 Å². The summed E-state index contributed by atoms with van der Waals surface area (Å²) in [7, 11) is 0. The van der Waals surface area contributed by atoms with Crippen LogP contribution in [0.4, 0.5) is 13.2 Å². The number of amides is 1. The van der Waals surface area contributed by atoms with Crippen molar-refractivity contribution >= 4 is 5.91 Å². The Morgan fingerprint density at radius 1 is 1.15 bits per heavy atom. The van der Waals surface area contributed by atoms with E-state index in [1.807, 2.05) is 0 Å². The van der Waals surface area contributed by atoms with Crippen molar-refractivity contribution in [2.45, 2.75) is 37.6 Å². The molecule has 0 saturated heterocycles. The summed E-state index contributed by atoms with van der Waals surface area (Å²) >= 11 is 0. The molecule has 1 saturated carbocycles. The molecule has 1 aromatic rings. The predicted octanol–water partition coefficient (Wildman–Crippen LogP) is 2.50. The maximum atomic E-state index is 13.6. The zero-order valence-corrected chi connectivity index (χ0v) is 11.0. The van der Waals surface area contributed by atoms with Gasteiger partial charge in [0.05, 0.1) is 5.54 Å². The Hall–Kier alpha value is -1.56. The van der Waals surface area contributed by atoms with E-state index in [-0.39, 0.29) is 6.54 Å². The molecule has 2 rings (SSSR count). The second kappa shape index (κ2) is 5.83. The summed E-state index contributed by atoms with van der Waals surface area (Å²) in [6.07, 6.45) is 4.23. The lowest BCUT2D eigenvalue weighted by molar-refractivity contribution is 0.0865. The molecule has 0 aliphatic heterocycles. The van der Waals surface area contributed by atoms with E-state index in [0.29, 0.717) is 25.0 Å². The first-order chi connectivity index (χ1) is 9.47. The molecule has 110 valence electrons. The van der Waals surface area contributed by atoms with Crippen LogP contribution >= 0.6 is 0 Å². The molecule has 3 N–H and O–H groups in total. The van der Waals surface area contributed by atoms with Gasteiger partial charge in [-0.2, -0.15) is 0 Å². The van der Waals surface area contributed by atoms with Crippen LogP contribution < -0.4 is 11.1 Å². The van der Waals surface area contributed by atoms with Gasteiger partial charge in [0.25, 0.3) is 5.91 Å². The molecule has 1 aromatic carbocycles. The Balaban J connectivity index is 2.23. The molecule has 1 aliphatic rings. The van der Waals surface area contributed by atoms with E-state index in [1.54, 1.807) is 0 Å². The van der Waals surface area contributed by atoms with E-state index >= 15 is 0 Å². The molecule has 3 nitrogen and oxygen atoms in total. The molecule has 0 bridgehead atoms. The zero-order chi connectivity index (χ0) is 14.8. The van der Waals surface area contributed by atoms with Crippen LogP contribution in [0.15, 0.2) is 12.1 Å². The Morgan fingerprint density at radius 3 is 2.20 bits per heavy atom. The number of rotatable bonds is 3. The van der Waals surface area contributed by atoms with Gasteiger partial charge in [0.2, 0.25) is 0 Å². The Labute approximate surface area is 115 Å². The fourth-order valence-corrected chi connectivity index (χ4v) is 2.67. The number of hydrogen-bond acceptors (Lipinski definition) is 2. The first-order valence-corrected chi connectivity index (χ1v) is 6.64. The predicted molar refractivity (Wildman–Crippen MR) is 68.7 cm³/mol. The number of halogens is 3. The van der Waals surface area contributed by atoms with Crippen molar-refractivity contribution in [3.8, 4) is 0 Å². The Morgan fingerprint density at radius 2 is 1.70 bits per heavy atom. The molecule has 1 amide bonds. The smallest absolute Gasteiger partial charge is 0.257 e. The van der Waals surface area contributed by atoms with E-state index < -0.39 is 34.5 Å². The lowest BCUT2D eigenvalue weighted by Gasteiger charge is -2.37. The molecule has 0 atom stereocenters. The van der Waals surface area contributed by atoms with Crippen molar-refractivity contribution in [3.05, 3.63) is 35.1 Å². The number of carbonyl (C=O) groups is 1. The van der Waals surface area contributed by atoms with Crippen LogP contribution in [0.1, 0.15) is 42.5 Å². The van der Waals surface area contributed by atoms with Gasteiger partial charge < -0.3 is 11.1 Å². The number of nitrogens with one attached hydrogen (secondary N) is 1. The average Bonchev–Trinajstić information content (AvgIpc) is 2.38. The molecular weight excluding hydrogens is 269 g/mol. The number of carbonyl (C=O) groups excluding carboxylic acids is 1. The molecule has 1 fully saturated rings. The summed E-state index contributed by atoms with van der Waals surface area (Å²) < 4.78 is 40.0. The van der Waals surface area contributed by atoms with Gasteiger partial charge >= 0.3 is 0 Å². The monoisotopic (exact) mass is 286 g/mol. The van der Waals surface area contributed by atoms with Crippen LogP contribution in [0.5, 0.6) is 0 Å². The van der Waals surface area contributed by atoms with Crippen LogP contribution in [-0.2, 0) is 0 Å². The average molecular weight is 286 g/mol. The molecule has 0 radical (unpaired) electrons. The van der Waals surface area contributed by atoms with Crippen LogP contribution in [0, 0.1) is 17.5 Å². The second-order valence-corrected chi connectivity index (χ2v) is 5.24. The van der Waals surface area contributed by atoms with E-state index in [1.165, 1.54) is 0 Å². The fourth-order valence-electron chi connectivity index (χ4n) is 2.67. The van der Waals surface area contributed by atoms with Gasteiger partial charge in [-0.25, -0.2) is 13.2 Å². The number of benzene rings is 1. The van der Waals surface area contributed by atoms with Crippen molar-refractivity contribution in [3.63, 3.8) is 0 Å². The van der Waals surface area contributed by atoms with Gasteiger partial charge in [0.15, 0.2) is 0 Å². The highest BCUT2D eigenvalue weighted by Gasteiger charge is 2.33. The Kier molecular flexibility index (Phi) is 4.32. The molecule has 0 aromatic heterocycles. The van der Waals surface area contributed by atoms with Gasteiger partial charge in [-0.3, -0.25) is 4.79 Å². The molecule has 20 heavy (non-hydrogen) atoms. The maximum absolute atomic E-state index is 13.6. The first-order valence-electron chi connectivity index (χ1n) is 6.64. The lowest BCUT2D eigenvalue weighted by Crippen LogP contribution is -2.55. The minimum absolute atomic E-state index is 0.211. The van der Waals surface area contributed by atoms with Gasteiger partial charge in [0, 0.05) is 18.7 Å². The maximum Gasteiger partial charge on any atom is 0.257 e. The molecule has 6 heteroatoms.